The summed E-state index contributed by atoms with van der Waals surface area (Å²) in [7, 11) is 1.61. The SMILES string of the molecule is CCN(CC)C(=O)COC1CN(Cc2ccc(OC)cc2)C(=O)CN(C(=O)c2ccc(CN3CCCCC3)cc2)C1. The summed E-state index contributed by atoms with van der Waals surface area (Å²) in [4.78, 5) is 47.1. The number of carbonyl (C=O) groups is 3. The van der Waals surface area contributed by atoms with Crippen LogP contribution in [0.3, 0.4) is 0 Å². The van der Waals surface area contributed by atoms with E-state index in [9.17, 15) is 14.4 Å². The first-order valence-electron chi connectivity index (χ1n) is 14.8. The summed E-state index contributed by atoms with van der Waals surface area (Å²) in [5, 5.41) is 0. The second kappa shape index (κ2) is 15.0. The van der Waals surface area contributed by atoms with Gasteiger partial charge in [0.25, 0.3) is 5.91 Å². The Kier molecular flexibility index (Phi) is 11.2. The van der Waals surface area contributed by atoms with Crippen molar-refractivity contribution in [1.82, 2.24) is 19.6 Å². The van der Waals surface area contributed by atoms with E-state index in [4.69, 9.17) is 9.47 Å². The van der Waals surface area contributed by atoms with Crippen LogP contribution in [-0.2, 0) is 27.4 Å². The zero-order chi connectivity index (χ0) is 29.2. The van der Waals surface area contributed by atoms with Crippen molar-refractivity contribution in [3.8, 4) is 5.75 Å². The molecule has 0 aliphatic carbocycles. The van der Waals surface area contributed by atoms with Crippen LogP contribution in [0.1, 0.15) is 54.6 Å². The Hall–Kier alpha value is -3.43. The number of likely N-dealkylation sites (tertiary alicyclic amines) is 1. The molecule has 9 heteroatoms. The first-order valence-corrected chi connectivity index (χ1v) is 14.8. The quantitative estimate of drug-likeness (QED) is 0.416. The van der Waals surface area contributed by atoms with E-state index >= 15 is 0 Å². The van der Waals surface area contributed by atoms with Crippen LogP contribution in [0.25, 0.3) is 0 Å². The molecule has 1 atom stereocenters. The van der Waals surface area contributed by atoms with Gasteiger partial charge < -0.3 is 24.2 Å². The third-order valence-corrected chi connectivity index (χ3v) is 7.96. The fourth-order valence-corrected chi connectivity index (χ4v) is 5.51. The van der Waals surface area contributed by atoms with E-state index in [0.717, 1.165) is 30.9 Å². The lowest BCUT2D eigenvalue weighted by Crippen LogP contribution is -2.41. The number of carbonyl (C=O) groups excluding carboxylic acids is 3. The minimum absolute atomic E-state index is 0.0473. The lowest BCUT2D eigenvalue weighted by molar-refractivity contribution is -0.138. The number of methoxy groups -OCH3 is 1. The Balaban J connectivity index is 1.47. The Labute approximate surface area is 244 Å². The molecule has 0 radical (unpaired) electrons. The van der Waals surface area contributed by atoms with E-state index in [1.54, 1.807) is 21.8 Å². The molecule has 41 heavy (non-hydrogen) atoms. The van der Waals surface area contributed by atoms with E-state index in [0.29, 0.717) is 25.2 Å². The molecule has 2 heterocycles. The number of likely N-dealkylation sites (N-methyl/N-ethyl adjacent to an activating group) is 1. The molecule has 0 N–H and O–H groups in total. The summed E-state index contributed by atoms with van der Waals surface area (Å²) in [6.07, 6.45) is 3.27. The first kappa shape index (κ1) is 30.5. The number of ether oxygens (including phenoxy) is 2. The van der Waals surface area contributed by atoms with Gasteiger partial charge in [0.1, 0.15) is 18.9 Å². The van der Waals surface area contributed by atoms with E-state index < -0.39 is 6.10 Å². The summed E-state index contributed by atoms with van der Waals surface area (Å²) in [6, 6.07) is 15.3. The number of benzene rings is 2. The molecule has 2 aromatic rings. The molecule has 0 spiro atoms. The predicted octanol–water partition coefficient (Wildman–Crippen LogP) is 3.42. The van der Waals surface area contributed by atoms with Gasteiger partial charge in [0, 0.05) is 44.8 Å². The Bertz CT molecular complexity index is 1140. The van der Waals surface area contributed by atoms with Crippen molar-refractivity contribution in [2.45, 2.75) is 52.3 Å². The molecule has 2 aliphatic rings. The molecule has 0 aromatic heterocycles. The molecule has 2 aliphatic heterocycles. The highest BCUT2D eigenvalue weighted by molar-refractivity contribution is 5.96. The van der Waals surface area contributed by atoms with Crippen molar-refractivity contribution >= 4 is 17.7 Å². The summed E-state index contributed by atoms with van der Waals surface area (Å²) < 4.78 is 11.3. The van der Waals surface area contributed by atoms with Crippen molar-refractivity contribution in [3.05, 3.63) is 65.2 Å². The first-order chi connectivity index (χ1) is 19.9. The summed E-state index contributed by atoms with van der Waals surface area (Å²) in [5.41, 5.74) is 2.67. The molecule has 222 valence electrons. The van der Waals surface area contributed by atoms with Gasteiger partial charge in [-0.25, -0.2) is 0 Å². The molecule has 2 aromatic carbocycles. The highest BCUT2D eigenvalue weighted by Gasteiger charge is 2.32. The van der Waals surface area contributed by atoms with Crippen LogP contribution in [-0.4, -0.2) is 103 Å². The maximum absolute atomic E-state index is 13.6. The minimum atomic E-state index is -0.499. The Morgan fingerprint density at radius 3 is 2.15 bits per heavy atom. The molecule has 2 fully saturated rings. The maximum atomic E-state index is 13.6. The number of amides is 3. The van der Waals surface area contributed by atoms with E-state index in [-0.39, 0.29) is 44.0 Å². The van der Waals surface area contributed by atoms with Crippen molar-refractivity contribution in [2.75, 3.05) is 59.5 Å². The molecule has 0 saturated carbocycles. The number of hydrogen-bond donors (Lipinski definition) is 0. The van der Waals surface area contributed by atoms with Crippen LogP contribution in [0, 0.1) is 0 Å². The molecule has 9 nitrogen and oxygen atoms in total. The van der Waals surface area contributed by atoms with E-state index in [2.05, 4.69) is 4.90 Å². The lowest BCUT2D eigenvalue weighted by Gasteiger charge is -2.27. The van der Waals surface area contributed by atoms with Crippen LogP contribution in [0.5, 0.6) is 5.75 Å². The number of rotatable bonds is 11. The van der Waals surface area contributed by atoms with Crippen LogP contribution in [0.15, 0.2) is 48.5 Å². The van der Waals surface area contributed by atoms with Gasteiger partial charge in [0.15, 0.2) is 0 Å². The Morgan fingerprint density at radius 1 is 0.878 bits per heavy atom. The highest BCUT2D eigenvalue weighted by Crippen LogP contribution is 2.19. The van der Waals surface area contributed by atoms with Gasteiger partial charge in [-0.05, 0) is 75.2 Å². The summed E-state index contributed by atoms with van der Waals surface area (Å²) in [6.45, 7) is 8.92. The van der Waals surface area contributed by atoms with Crippen molar-refractivity contribution in [1.29, 1.82) is 0 Å². The molecule has 1 unspecified atom stereocenters. The second-order valence-corrected chi connectivity index (χ2v) is 10.8. The average molecular weight is 565 g/mol. The number of piperidine rings is 1. The third kappa shape index (κ3) is 8.53. The van der Waals surface area contributed by atoms with E-state index in [1.165, 1.54) is 24.8 Å². The summed E-state index contributed by atoms with van der Waals surface area (Å²) >= 11 is 0. The van der Waals surface area contributed by atoms with Gasteiger partial charge >= 0.3 is 0 Å². The van der Waals surface area contributed by atoms with Gasteiger partial charge in [-0.2, -0.15) is 0 Å². The van der Waals surface area contributed by atoms with Gasteiger partial charge in [-0.15, -0.1) is 0 Å². The molecule has 2 saturated heterocycles. The van der Waals surface area contributed by atoms with Crippen LogP contribution in [0.4, 0.5) is 0 Å². The van der Waals surface area contributed by atoms with E-state index in [1.807, 2.05) is 62.4 Å². The highest BCUT2D eigenvalue weighted by atomic mass is 16.5. The van der Waals surface area contributed by atoms with Crippen molar-refractivity contribution in [3.63, 3.8) is 0 Å². The largest absolute Gasteiger partial charge is 0.497 e. The zero-order valence-electron chi connectivity index (χ0n) is 24.7. The zero-order valence-corrected chi connectivity index (χ0v) is 24.7. The monoisotopic (exact) mass is 564 g/mol. The Morgan fingerprint density at radius 2 is 1.51 bits per heavy atom. The average Bonchev–Trinajstić information content (AvgIpc) is 3.15. The number of nitrogens with zero attached hydrogens (tertiary/aromatic N) is 4. The van der Waals surface area contributed by atoms with Crippen LogP contribution in [0.2, 0.25) is 0 Å². The standard InChI is InChI=1S/C32H44N4O5/c1-4-34(5-2)31(38)24-41-29-21-35(20-26-11-15-28(40-3)16-12-26)30(37)23-36(22-29)32(39)27-13-9-25(10-14-27)19-33-17-7-6-8-18-33/h9-16,29H,4-8,17-24H2,1-3H3. The predicted molar refractivity (Wildman–Crippen MR) is 158 cm³/mol. The maximum Gasteiger partial charge on any atom is 0.254 e. The smallest absolute Gasteiger partial charge is 0.254 e. The fraction of sp³-hybridized carbons (Fsp3) is 0.531. The van der Waals surface area contributed by atoms with Gasteiger partial charge in [0.2, 0.25) is 11.8 Å². The summed E-state index contributed by atoms with van der Waals surface area (Å²) in [5.74, 6) is 0.273. The lowest BCUT2D eigenvalue weighted by atomic mass is 10.1. The topological polar surface area (TPSA) is 82.6 Å². The van der Waals surface area contributed by atoms with Crippen molar-refractivity contribution < 1.29 is 23.9 Å². The third-order valence-electron chi connectivity index (χ3n) is 7.96. The van der Waals surface area contributed by atoms with Crippen LogP contribution < -0.4 is 4.74 Å². The molecular formula is C32H44N4O5. The second-order valence-electron chi connectivity index (χ2n) is 10.8. The fourth-order valence-electron chi connectivity index (χ4n) is 5.51. The number of hydrogen-bond acceptors (Lipinski definition) is 6. The minimum Gasteiger partial charge on any atom is -0.497 e. The van der Waals surface area contributed by atoms with Gasteiger partial charge in [0.05, 0.1) is 13.2 Å². The molecule has 0 bridgehead atoms. The van der Waals surface area contributed by atoms with Gasteiger partial charge in [-0.1, -0.05) is 30.7 Å². The molecular weight excluding hydrogens is 520 g/mol. The molecule has 4 rings (SSSR count). The van der Waals surface area contributed by atoms with Crippen molar-refractivity contribution in [2.24, 2.45) is 0 Å². The molecule has 3 amide bonds. The normalized spacial score (nSPS) is 18.2. The van der Waals surface area contributed by atoms with Crippen LogP contribution >= 0.6 is 0 Å². The van der Waals surface area contributed by atoms with Gasteiger partial charge in [-0.3, -0.25) is 19.3 Å².